The quantitative estimate of drug-likeness (QED) is 0.208. The summed E-state index contributed by atoms with van der Waals surface area (Å²) in [6, 6.07) is 19.8. The molecule has 0 saturated carbocycles. The van der Waals surface area contributed by atoms with Gasteiger partial charge < -0.3 is 19.5 Å². The number of anilines is 1. The van der Waals surface area contributed by atoms with Gasteiger partial charge in [-0.25, -0.2) is 0 Å². The van der Waals surface area contributed by atoms with Crippen molar-refractivity contribution < 1.29 is 19.0 Å². The highest BCUT2D eigenvalue weighted by Crippen LogP contribution is 2.35. The van der Waals surface area contributed by atoms with E-state index in [0.717, 1.165) is 11.1 Å². The van der Waals surface area contributed by atoms with Crippen LogP contribution in [0, 0.1) is 11.3 Å². The molecular weight excluding hydrogens is 464 g/mol. The third kappa shape index (κ3) is 6.66. The number of allylic oxidation sites excluding steroid dienone is 1. The molecule has 0 aliphatic heterocycles. The van der Waals surface area contributed by atoms with Crippen LogP contribution in [0.2, 0.25) is 5.02 Å². The summed E-state index contributed by atoms with van der Waals surface area (Å²) in [4.78, 5) is 12.7. The lowest BCUT2D eigenvalue weighted by Crippen LogP contribution is -2.13. The van der Waals surface area contributed by atoms with Crippen molar-refractivity contribution in [2.75, 3.05) is 19.5 Å². The number of nitrogens with zero attached hydrogens (tertiary/aromatic N) is 1. The molecule has 3 rings (SSSR count). The summed E-state index contributed by atoms with van der Waals surface area (Å²) in [6.45, 7) is 4.07. The van der Waals surface area contributed by atoms with Crippen LogP contribution in [0.25, 0.3) is 6.08 Å². The van der Waals surface area contributed by atoms with Crippen molar-refractivity contribution in [2.24, 2.45) is 0 Å². The van der Waals surface area contributed by atoms with Gasteiger partial charge in [0.15, 0.2) is 11.5 Å². The van der Waals surface area contributed by atoms with Gasteiger partial charge in [0.25, 0.3) is 5.91 Å². The van der Waals surface area contributed by atoms with Crippen LogP contribution in [0.4, 0.5) is 5.69 Å². The Labute approximate surface area is 210 Å². The Hall–Kier alpha value is -4.21. The van der Waals surface area contributed by atoms with Crippen LogP contribution in [0.3, 0.4) is 0 Å². The van der Waals surface area contributed by atoms with Gasteiger partial charge in [-0.05, 0) is 60.5 Å². The summed E-state index contributed by atoms with van der Waals surface area (Å²) < 4.78 is 16.8. The van der Waals surface area contributed by atoms with E-state index in [1.807, 2.05) is 30.3 Å². The number of carbonyl (C=O) groups is 1. The molecule has 0 heterocycles. The van der Waals surface area contributed by atoms with E-state index < -0.39 is 5.91 Å². The Balaban J connectivity index is 1.88. The Morgan fingerprint density at radius 3 is 2.46 bits per heavy atom. The van der Waals surface area contributed by atoms with E-state index in [1.54, 1.807) is 49.6 Å². The van der Waals surface area contributed by atoms with Gasteiger partial charge >= 0.3 is 0 Å². The molecule has 1 N–H and O–H groups in total. The average molecular weight is 489 g/mol. The number of amides is 1. The smallest absolute Gasteiger partial charge is 0.266 e. The minimum Gasteiger partial charge on any atom is -0.497 e. The molecular formula is C28H25ClN2O4. The lowest BCUT2D eigenvalue weighted by atomic mass is 10.0. The summed E-state index contributed by atoms with van der Waals surface area (Å²) >= 11 is 6.26. The Morgan fingerprint density at radius 1 is 1.09 bits per heavy atom. The third-order valence-electron chi connectivity index (χ3n) is 5.09. The van der Waals surface area contributed by atoms with E-state index in [4.69, 9.17) is 25.8 Å². The molecule has 1 amide bonds. The van der Waals surface area contributed by atoms with Gasteiger partial charge in [0.05, 0.1) is 14.2 Å². The van der Waals surface area contributed by atoms with Crippen molar-refractivity contribution in [3.05, 3.63) is 101 Å². The molecule has 7 heteroatoms. The van der Waals surface area contributed by atoms with Crippen molar-refractivity contribution in [3.8, 4) is 23.3 Å². The molecule has 0 saturated heterocycles. The van der Waals surface area contributed by atoms with E-state index in [2.05, 4.69) is 11.9 Å². The van der Waals surface area contributed by atoms with Gasteiger partial charge in [-0.3, -0.25) is 4.79 Å². The first kappa shape index (κ1) is 25.4. The van der Waals surface area contributed by atoms with Crippen LogP contribution in [-0.2, 0) is 17.8 Å². The summed E-state index contributed by atoms with van der Waals surface area (Å²) in [5.74, 6) is 1.15. The van der Waals surface area contributed by atoms with Crippen LogP contribution in [0.15, 0.2) is 78.9 Å². The predicted molar refractivity (Wildman–Crippen MR) is 138 cm³/mol. The molecule has 3 aromatic carbocycles. The second-order valence-corrected chi connectivity index (χ2v) is 7.84. The van der Waals surface area contributed by atoms with Crippen LogP contribution >= 0.6 is 11.6 Å². The zero-order chi connectivity index (χ0) is 25.2. The zero-order valence-corrected chi connectivity index (χ0v) is 20.3. The molecule has 0 bridgehead atoms. The van der Waals surface area contributed by atoms with Gasteiger partial charge in [-0.1, -0.05) is 35.9 Å². The molecule has 0 fully saturated rings. The molecule has 35 heavy (non-hydrogen) atoms. The number of ether oxygens (including phenoxy) is 3. The molecule has 0 spiro atoms. The molecule has 178 valence electrons. The van der Waals surface area contributed by atoms with Crippen molar-refractivity contribution in [1.29, 1.82) is 5.26 Å². The van der Waals surface area contributed by atoms with Crippen molar-refractivity contribution in [2.45, 2.75) is 13.0 Å². The topological polar surface area (TPSA) is 80.6 Å². The van der Waals surface area contributed by atoms with Gasteiger partial charge in [0.2, 0.25) is 0 Å². The number of hydrogen-bond acceptors (Lipinski definition) is 5. The Morgan fingerprint density at radius 2 is 1.83 bits per heavy atom. The standard InChI is InChI=1S/C28H25ClN2O4/c1-4-7-20-14-19(15-22(17-30)28(32)31-23-10-12-24(33-2)13-11-23)16-26(34-3)27(20)35-18-21-8-5-6-9-25(21)29/h4-6,8-16H,1,7,18H2,2-3H3,(H,31,32)/b22-15+. The number of hydrogen-bond donors (Lipinski definition) is 1. The normalized spacial score (nSPS) is 10.7. The molecule has 0 radical (unpaired) electrons. The minimum absolute atomic E-state index is 0.0582. The summed E-state index contributed by atoms with van der Waals surface area (Å²) in [6.07, 6.45) is 3.74. The van der Waals surface area contributed by atoms with Crippen LogP contribution in [0.1, 0.15) is 16.7 Å². The number of nitrogens with one attached hydrogen (secondary N) is 1. The van der Waals surface area contributed by atoms with Gasteiger partial charge in [-0.15, -0.1) is 6.58 Å². The molecule has 3 aromatic rings. The molecule has 6 nitrogen and oxygen atoms in total. The van der Waals surface area contributed by atoms with Crippen LogP contribution in [0.5, 0.6) is 17.2 Å². The average Bonchev–Trinajstić information content (AvgIpc) is 2.87. The van der Waals surface area contributed by atoms with Gasteiger partial charge in [0, 0.05) is 21.8 Å². The van der Waals surface area contributed by atoms with Crippen LogP contribution < -0.4 is 19.5 Å². The number of halogens is 1. The first-order valence-corrected chi connectivity index (χ1v) is 11.1. The van der Waals surface area contributed by atoms with E-state index >= 15 is 0 Å². The Kier molecular flexibility index (Phi) is 8.94. The first-order chi connectivity index (χ1) is 17.0. The van der Waals surface area contributed by atoms with Gasteiger partial charge in [-0.2, -0.15) is 5.26 Å². The fraction of sp³-hybridized carbons (Fsp3) is 0.143. The third-order valence-corrected chi connectivity index (χ3v) is 5.46. The second-order valence-electron chi connectivity index (χ2n) is 7.44. The Bertz CT molecular complexity index is 1280. The van der Waals surface area contributed by atoms with Crippen molar-refractivity contribution in [1.82, 2.24) is 0 Å². The van der Waals surface area contributed by atoms with Crippen molar-refractivity contribution in [3.63, 3.8) is 0 Å². The predicted octanol–water partition coefficient (Wildman–Crippen LogP) is 6.21. The monoisotopic (exact) mass is 488 g/mol. The lowest BCUT2D eigenvalue weighted by Gasteiger charge is -2.16. The maximum absolute atomic E-state index is 12.7. The molecule has 0 atom stereocenters. The summed E-state index contributed by atoms with van der Waals surface area (Å²) in [5, 5.41) is 13.0. The van der Waals surface area contributed by atoms with E-state index in [1.165, 1.54) is 13.2 Å². The van der Waals surface area contributed by atoms with Crippen LogP contribution in [-0.4, -0.2) is 20.1 Å². The number of benzene rings is 3. The van der Waals surface area contributed by atoms with E-state index in [-0.39, 0.29) is 12.2 Å². The fourth-order valence-electron chi connectivity index (χ4n) is 3.34. The summed E-state index contributed by atoms with van der Waals surface area (Å²) in [7, 11) is 3.09. The van der Waals surface area contributed by atoms with Gasteiger partial charge in [0.1, 0.15) is 24.0 Å². The minimum atomic E-state index is -0.527. The highest BCUT2D eigenvalue weighted by Gasteiger charge is 2.15. The number of methoxy groups -OCH3 is 2. The molecule has 0 aliphatic rings. The van der Waals surface area contributed by atoms with E-state index in [0.29, 0.717) is 39.9 Å². The fourth-order valence-corrected chi connectivity index (χ4v) is 3.53. The molecule has 0 aliphatic carbocycles. The maximum Gasteiger partial charge on any atom is 0.266 e. The lowest BCUT2D eigenvalue weighted by molar-refractivity contribution is -0.112. The number of nitriles is 1. The van der Waals surface area contributed by atoms with Crippen molar-refractivity contribution >= 4 is 29.3 Å². The number of carbonyl (C=O) groups excluding carboxylic acids is 1. The highest BCUT2D eigenvalue weighted by atomic mass is 35.5. The second kappa shape index (κ2) is 12.3. The maximum atomic E-state index is 12.7. The SMILES string of the molecule is C=CCc1cc(/C=C(\C#N)C(=O)Nc2ccc(OC)cc2)cc(OC)c1OCc1ccccc1Cl. The highest BCUT2D eigenvalue weighted by molar-refractivity contribution is 6.31. The largest absolute Gasteiger partial charge is 0.497 e. The van der Waals surface area contributed by atoms with E-state index in [9.17, 15) is 10.1 Å². The first-order valence-electron chi connectivity index (χ1n) is 10.7. The zero-order valence-electron chi connectivity index (χ0n) is 19.5. The summed E-state index contributed by atoms with van der Waals surface area (Å²) in [5.41, 5.74) is 2.74. The molecule has 0 aromatic heterocycles. The number of rotatable bonds is 10. The molecule has 0 unspecified atom stereocenters.